The third-order valence-electron chi connectivity index (χ3n) is 1.92. The van der Waals surface area contributed by atoms with E-state index in [0.29, 0.717) is 10.2 Å². The molecule has 5 nitrogen and oxygen atoms in total. The normalized spacial score (nSPS) is 11.0. The minimum atomic E-state index is -1.14. The van der Waals surface area contributed by atoms with Crippen molar-refractivity contribution in [2.75, 3.05) is 5.32 Å². The van der Waals surface area contributed by atoms with Crippen molar-refractivity contribution in [3.8, 4) is 0 Å². The van der Waals surface area contributed by atoms with Crippen LogP contribution in [0.1, 0.15) is 31.1 Å². The minimum Gasteiger partial charge on any atom is -0.478 e. The smallest absolute Gasteiger partial charge is 0.412 e. The second-order valence-electron chi connectivity index (χ2n) is 4.74. The number of aromatic carboxylic acids is 1. The van der Waals surface area contributed by atoms with Gasteiger partial charge in [-0.25, -0.2) is 9.59 Å². The third kappa shape index (κ3) is 4.72. The van der Waals surface area contributed by atoms with E-state index in [1.165, 1.54) is 12.1 Å². The Balaban J connectivity index is 2.95. The fourth-order valence-electron chi connectivity index (χ4n) is 1.22. The first-order valence-corrected chi connectivity index (χ1v) is 6.49. The summed E-state index contributed by atoms with van der Waals surface area (Å²) in [6.07, 6.45) is -0.646. The fourth-order valence-corrected chi connectivity index (χ4v) is 1.91. The van der Waals surface area contributed by atoms with Gasteiger partial charge in [0.25, 0.3) is 0 Å². The number of rotatable bonds is 2. The van der Waals surface area contributed by atoms with Gasteiger partial charge in [-0.05, 0) is 48.8 Å². The van der Waals surface area contributed by atoms with Gasteiger partial charge in [0, 0.05) is 4.47 Å². The van der Waals surface area contributed by atoms with Gasteiger partial charge in [-0.15, -0.1) is 0 Å². The molecule has 0 aliphatic heterocycles. The predicted molar refractivity (Wildman–Crippen MR) is 76.0 cm³/mol. The SMILES string of the molecule is CC(C)(C)OC(=O)Nc1cc(Cl)c(C(=O)O)cc1Br. The molecule has 0 saturated heterocycles. The van der Waals surface area contributed by atoms with E-state index in [2.05, 4.69) is 21.2 Å². The summed E-state index contributed by atoms with van der Waals surface area (Å²) in [5, 5.41) is 11.4. The highest BCUT2D eigenvalue weighted by Gasteiger charge is 2.18. The molecule has 104 valence electrons. The van der Waals surface area contributed by atoms with Crippen LogP contribution in [0.2, 0.25) is 5.02 Å². The Morgan fingerprint density at radius 3 is 2.42 bits per heavy atom. The lowest BCUT2D eigenvalue weighted by atomic mass is 10.2. The van der Waals surface area contributed by atoms with Gasteiger partial charge in [0.15, 0.2) is 0 Å². The zero-order chi connectivity index (χ0) is 14.8. The van der Waals surface area contributed by atoms with Crippen LogP contribution in [-0.2, 0) is 4.74 Å². The van der Waals surface area contributed by atoms with Crippen molar-refractivity contribution in [3.05, 3.63) is 27.2 Å². The number of carbonyl (C=O) groups is 2. The van der Waals surface area contributed by atoms with E-state index in [-0.39, 0.29) is 10.6 Å². The Labute approximate surface area is 124 Å². The molecule has 1 aromatic carbocycles. The van der Waals surface area contributed by atoms with Crippen LogP contribution in [0.3, 0.4) is 0 Å². The molecule has 0 atom stereocenters. The molecule has 1 aromatic rings. The van der Waals surface area contributed by atoms with E-state index in [4.69, 9.17) is 21.4 Å². The maximum absolute atomic E-state index is 11.6. The number of amides is 1. The molecule has 0 heterocycles. The average molecular weight is 351 g/mol. The first-order valence-electron chi connectivity index (χ1n) is 5.32. The van der Waals surface area contributed by atoms with Crippen LogP contribution in [-0.4, -0.2) is 22.8 Å². The van der Waals surface area contributed by atoms with Gasteiger partial charge in [-0.1, -0.05) is 11.6 Å². The van der Waals surface area contributed by atoms with Crippen LogP contribution >= 0.6 is 27.5 Å². The molecule has 1 rings (SSSR count). The summed E-state index contributed by atoms with van der Waals surface area (Å²) in [5.74, 6) is -1.14. The number of carboxylic acids is 1. The predicted octanol–water partition coefficient (Wildman–Crippen LogP) is 4.15. The van der Waals surface area contributed by atoms with Gasteiger partial charge in [-0.3, -0.25) is 5.32 Å². The third-order valence-corrected chi connectivity index (χ3v) is 2.89. The van der Waals surface area contributed by atoms with Crippen LogP contribution in [0, 0.1) is 0 Å². The number of ether oxygens (including phenoxy) is 1. The zero-order valence-corrected chi connectivity index (χ0v) is 12.9. The van der Waals surface area contributed by atoms with Crippen LogP contribution in [0.4, 0.5) is 10.5 Å². The molecule has 0 unspecified atom stereocenters. The van der Waals surface area contributed by atoms with E-state index >= 15 is 0 Å². The highest BCUT2D eigenvalue weighted by atomic mass is 79.9. The second kappa shape index (κ2) is 5.79. The summed E-state index contributed by atoms with van der Waals surface area (Å²) in [7, 11) is 0. The molecule has 0 aliphatic carbocycles. The topological polar surface area (TPSA) is 75.6 Å². The summed E-state index contributed by atoms with van der Waals surface area (Å²) < 4.78 is 5.49. The molecule has 0 bridgehead atoms. The summed E-state index contributed by atoms with van der Waals surface area (Å²) in [6.45, 7) is 5.21. The van der Waals surface area contributed by atoms with Crippen LogP contribution in [0.5, 0.6) is 0 Å². The number of anilines is 1. The van der Waals surface area contributed by atoms with E-state index in [9.17, 15) is 9.59 Å². The van der Waals surface area contributed by atoms with Gasteiger partial charge in [-0.2, -0.15) is 0 Å². The quantitative estimate of drug-likeness (QED) is 0.840. The van der Waals surface area contributed by atoms with Gasteiger partial charge in [0.05, 0.1) is 16.3 Å². The number of benzene rings is 1. The number of hydrogen-bond donors (Lipinski definition) is 2. The Morgan fingerprint density at radius 1 is 1.37 bits per heavy atom. The maximum Gasteiger partial charge on any atom is 0.412 e. The van der Waals surface area contributed by atoms with Gasteiger partial charge < -0.3 is 9.84 Å². The van der Waals surface area contributed by atoms with E-state index < -0.39 is 17.7 Å². The standard InChI is InChI=1S/C12H13BrClNO4/c1-12(2,3)19-11(18)15-9-5-8(14)6(10(16)17)4-7(9)13/h4-5H,1-3H3,(H,15,18)(H,16,17). The molecule has 0 spiro atoms. The lowest BCUT2D eigenvalue weighted by Crippen LogP contribution is -2.27. The summed E-state index contributed by atoms with van der Waals surface area (Å²) >= 11 is 8.98. The lowest BCUT2D eigenvalue weighted by Gasteiger charge is -2.20. The van der Waals surface area contributed by atoms with Crippen molar-refractivity contribution in [1.82, 2.24) is 0 Å². The van der Waals surface area contributed by atoms with Gasteiger partial charge in [0.1, 0.15) is 5.60 Å². The molecular formula is C12H13BrClNO4. The number of carboxylic acid groups (broad SMARTS) is 1. The Hall–Kier alpha value is -1.27. The molecule has 0 aromatic heterocycles. The first-order chi connectivity index (χ1) is 8.60. The molecule has 2 N–H and O–H groups in total. The average Bonchev–Trinajstić information content (AvgIpc) is 2.19. The Morgan fingerprint density at radius 2 is 1.95 bits per heavy atom. The molecule has 0 fully saturated rings. The van der Waals surface area contributed by atoms with Crippen molar-refractivity contribution in [1.29, 1.82) is 0 Å². The van der Waals surface area contributed by atoms with Crippen LogP contribution < -0.4 is 5.32 Å². The monoisotopic (exact) mass is 349 g/mol. The Bertz CT molecular complexity index is 525. The molecular weight excluding hydrogens is 337 g/mol. The van der Waals surface area contributed by atoms with Gasteiger partial charge in [0.2, 0.25) is 0 Å². The van der Waals surface area contributed by atoms with Crippen molar-refractivity contribution in [2.24, 2.45) is 0 Å². The summed E-state index contributed by atoms with van der Waals surface area (Å²) in [4.78, 5) is 22.5. The fraction of sp³-hybridized carbons (Fsp3) is 0.333. The molecule has 7 heteroatoms. The van der Waals surface area contributed by atoms with Crippen LogP contribution in [0.15, 0.2) is 16.6 Å². The van der Waals surface area contributed by atoms with Crippen molar-refractivity contribution >= 4 is 45.3 Å². The maximum atomic E-state index is 11.6. The summed E-state index contributed by atoms with van der Waals surface area (Å²) in [5.41, 5.74) is -0.339. The number of halogens is 2. The van der Waals surface area contributed by atoms with E-state index in [0.717, 1.165) is 0 Å². The number of carbonyl (C=O) groups excluding carboxylic acids is 1. The van der Waals surface area contributed by atoms with Gasteiger partial charge >= 0.3 is 12.1 Å². The molecule has 1 amide bonds. The lowest BCUT2D eigenvalue weighted by molar-refractivity contribution is 0.0634. The largest absolute Gasteiger partial charge is 0.478 e. The van der Waals surface area contributed by atoms with E-state index in [1.54, 1.807) is 20.8 Å². The Kier molecular flexibility index (Phi) is 4.81. The summed E-state index contributed by atoms with van der Waals surface area (Å²) in [6, 6.07) is 2.66. The molecule has 0 radical (unpaired) electrons. The van der Waals surface area contributed by atoms with Crippen molar-refractivity contribution in [3.63, 3.8) is 0 Å². The van der Waals surface area contributed by atoms with Crippen molar-refractivity contribution < 1.29 is 19.4 Å². The number of hydrogen-bond acceptors (Lipinski definition) is 3. The van der Waals surface area contributed by atoms with Crippen LogP contribution in [0.25, 0.3) is 0 Å². The number of nitrogens with one attached hydrogen (secondary N) is 1. The molecule has 19 heavy (non-hydrogen) atoms. The zero-order valence-electron chi connectivity index (χ0n) is 10.6. The highest BCUT2D eigenvalue weighted by molar-refractivity contribution is 9.10. The first kappa shape index (κ1) is 15.8. The molecule has 0 aliphatic rings. The van der Waals surface area contributed by atoms with E-state index in [1.807, 2.05) is 0 Å². The van der Waals surface area contributed by atoms with Crippen molar-refractivity contribution in [2.45, 2.75) is 26.4 Å². The minimum absolute atomic E-state index is 0.0294. The second-order valence-corrected chi connectivity index (χ2v) is 6.01. The molecule has 0 saturated carbocycles. The highest BCUT2D eigenvalue weighted by Crippen LogP contribution is 2.30.